The summed E-state index contributed by atoms with van der Waals surface area (Å²) in [4.78, 5) is 12.5. The van der Waals surface area contributed by atoms with Gasteiger partial charge in [0.15, 0.2) is 0 Å². The molecule has 0 bridgehead atoms. The van der Waals surface area contributed by atoms with Crippen molar-refractivity contribution in [1.82, 2.24) is 0 Å². The highest BCUT2D eigenvalue weighted by molar-refractivity contribution is 5.56. The third kappa shape index (κ3) is 2.98. The predicted molar refractivity (Wildman–Crippen MR) is 71.8 cm³/mol. The molecule has 0 aromatic heterocycles. The van der Waals surface area contributed by atoms with Crippen molar-refractivity contribution >= 4 is 11.4 Å². The molecule has 0 saturated carbocycles. The number of nitro groups is 1. The molecule has 1 aromatic rings. The zero-order valence-electron chi connectivity index (χ0n) is 11.1. The molecule has 1 unspecified atom stereocenters. The average molecular weight is 252 g/mol. The number of hydrogen-bond acceptors (Lipinski definition) is 4. The van der Waals surface area contributed by atoms with E-state index < -0.39 is 4.92 Å². The summed E-state index contributed by atoms with van der Waals surface area (Å²) in [6.45, 7) is 6.78. The Balaban J connectivity index is 3.14. The first-order valence-electron chi connectivity index (χ1n) is 6.19. The Morgan fingerprint density at radius 1 is 1.44 bits per heavy atom. The summed E-state index contributed by atoms with van der Waals surface area (Å²) in [5.74, 6) is 0. The Hall–Kier alpha value is -1.62. The maximum absolute atomic E-state index is 10.8. The zero-order valence-corrected chi connectivity index (χ0v) is 11.1. The molecule has 0 fully saturated rings. The van der Waals surface area contributed by atoms with E-state index in [-0.39, 0.29) is 12.3 Å². The minimum absolute atomic E-state index is 0.0264. The first kappa shape index (κ1) is 14.4. The van der Waals surface area contributed by atoms with E-state index in [1.807, 2.05) is 6.92 Å². The van der Waals surface area contributed by atoms with Crippen LogP contribution in [0.4, 0.5) is 11.4 Å². The molecule has 1 rings (SSSR count). The molecule has 5 nitrogen and oxygen atoms in total. The maximum atomic E-state index is 10.8. The first-order valence-corrected chi connectivity index (χ1v) is 6.19. The number of nitrogens with zero attached hydrogens (tertiary/aromatic N) is 2. The van der Waals surface area contributed by atoms with E-state index in [4.69, 9.17) is 0 Å². The van der Waals surface area contributed by atoms with Gasteiger partial charge in [0, 0.05) is 24.3 Å². The normalized spacial score (nSPS) is 12.2. The highest BCUT2D eigenvalue weighted by Crippen LogP contribution is 2.26. The van der Waals surface area contributed by atoms with Crippen LogP contribution >= 0.6 is 0 Å². The van der Waals surface area contributed by atoms with Gasteiger partial charge in [-0.25, -0.2) is 0 Å². The minimum Gasteiger partial charge on any atom is -0.391 e. The van der Waals surface area contributed by atoms with Crippen LogP contribution in [0, 0.1) is 10.1 Å². The Morgan fingerprint density at radius 3 is 2.56 bits per heavy atom. The smallest absolute Gasteiger partial charge is 0.275 e. The fourth-order valence-electron chi connectivity index (χ4n) is 2.02. The lowest BCUT2D eigenvalue weighted by Gasteiger charge is -2.29. The van der Waals surface area contributed by atoms with Crippen molar-refractivity contribution in [2.24, 2.45) is 0 Å². The monoisotopic (exact) mass is 252 g/mol. The second-order valence-electron chi connectivity index (χ2n) is 4.27. The summed E-state index contributed by atoms with van der Waals surface area (Å²) in [6.07, 6.45) is 0.999. The van der Waals surface area contributed by atoms with Gasteiger partial charge in [0.2, 0.25) is 0 Å². The van der Waals surface area contributed by atoms with Gasteiger partial charge >= 0.3 is 0 Å². The number of nitro benzene ring substituents is 1. The molecule has 0 spiro atoms. The number of rotatable bonds is 6. The van der Waals surface area contributed by atoms with Gasteiger partial charge in [-0.1, -0.05) is 6.92 Å². The molecule has 18 heavy (non-hydrogen) atoms. The highest BCUT2D eigenvalue weighted by Gasteiger charge is 2.17. The van der Waals surface area contributed by atoms with Gasteiger partial charge in [-0.3, -0.25) is 10.1 Å². The van der Waals surface area contributed by atoms with Gasteiger partial charge in [-0.05, 0) is 32.4 Å². The number of hydrogen-bond donors (Lipinski definition) is 1. The molecule has 1 atom stereocenters. The van der Waals surface area contributed by atoms with Crippen LogP contribution in [0.1, 0.15) is 32.8 Å². The van der Waals surface area contributed by atoms with Crippen molar-refractivity contribution in [3.8, 4) is 0 Å². The van der Waals surface area contributed by atoms with E-state index in [1.165, 1.54) is 6.07 Å². The lowest BCUT2D eigenvalue weighted by Crippen LogP contribution is -2.32. The predicted octanol–water partition coefficient (Wildman–Crippen LogP) is 2.71. The Labute approximate surface area is 107 Å². The number of benzene rings is 1. The molecule has 1 aromatic carbocycles. The van der Waals surface area contributed by atoms with Crippen LogP contribution < -0.4 is 4.90 Å². The fraction of sp³-hybridized carbons (Fsp3) is 0.538. The highest BCUT2D eigenvalue weighted by atomic mass is 16.6. The molecule has 100 valence electrons. The molecule has 0 radical (unpaired) electrons. The van der Waals surface area contributed by atoms with Gasteiger partial charge in [-0.15, -0.1) is 0 Å². The van der Waals surface area contributed by atoms with E-state index in [2.05, 4.69) is 18.7 Å². The maximum Gasteiger partial charge on any atom is 0.275 e. The van der Waals surface area contributed by atoms with Gasteiger partial charge < -0.3 is 10.0 Å². The zero-order chi connectivity index (χ0) is 13.7. The van der Waals surface area contributed by atoms with Crippen molar-refractivity contribution in [1.29, 1.82) is 0 Å². The average Bonchev–Trinajstić information content (AvgIpc) is 2.38. The molecule has 0 aliphatic rings. The standard InChI is InChI=1S/C13H20N2O3/c1-4-10(3)14(5-2)12-6-7-13(15(17)18)11(8-12)9-16/h6-8,10,16H,4-5,9H2,1-3H3. The Kier molecular flexibility index (Phi) is 5.09. The molecule has 0 saturated heterocycles. The van der Waals surface area contributed by atoms with E-state index in [1.54, 1.807) is 12.1 Å². The van der Waals surface area contributed by atoms with Crippen LogP contribution in [-0.4, -0.2) is 22.6 Å². The first-order chi connectivity index (χ1) is 8.54. The second kappa shape index (κ2) is 6.35. The van der Waals surface area contributed by atoms with Crippen molar-refractivity contribution in [3.05, 3.63) is 33.9 Å². The van der Waals surface area contributed by atoms with Gasteiger partial charge in [0.1, 0.15) is 0 Å². The lowest BCUT2D eigenvalue weighted by molar-refractivity contribution is -0.385. The molecule has 0 aliphatic heterocycles. The van der Waals surface area contributed by atoms with Crippen LogP contribution in [0.3, 0.4) is 0 Å². The van der Waals surface area contributed by atoms with Crippen LogP contribution in [-0.2, 0) is 6.61 Å². The Morgan fingerprint density at radius 2 is 2.11 bits per heavy atom. The largest absolute Gasteiger partial charge is 0.391 e. The van der Waals surface area contributed by atoms with Gasteiger partial charge in [0.05, 0.1) is 17.1 Å². The molecule has 1 N–H and O–H groups in total. The summed E-state index contributed by atoms with van der Waals surface area (Å²) < 4.78 is 0. The van der Waals surface area contributed by atoms with Crippen molar-refractivity contribution < 1.29 is 10.0 Å². The van der Waals surface area contributed by atoms with E-state index in [0.717, 1.165) is 18.7 Å². The minimum atomic E-state index is -0.463. The van der Waals surface area contributed by atoms with E-state index in [0.29, 0.717) is 11.6 Å². The van der Waals surface area contributed by atoms with E-state index in [9.17, 15) is 15.2 Å². The Bertz CT molecular complexity index is 421. The quantitative estimate of drug-likeness (QED) is 0.624. The summed E-state index contributed by atoms with van der Waals surface area (Å²) in [6, 6.07) is 5.27. The third-order valence-corrected chi connectivity index (χ3v) is 3.23. The summed E-state index contributed by atoms with van der Waals surface area (Å²) >= 11 is 0. The number of aliphatic hydroxyl groups excluding tert-OH is 1. The van der Waals surface area contributed by atoms with Crippen LogP contribution in [0.2, 0.25) is 0 Å². The molecule has 5 heteroatoms. The summed E-state index contributed by atoms with van der Waals surface area (Å²) in [5.41, 5.74) is 1.25. The number of aliphatic hydroxyl groups is 1. The topological polar surface area (TPSA) is 66.6 Å². The van der Waals surface area contributed by atoms with Crippen LogP contribution in [0.15, 0.2) is 18.2 Å². The summed E-state index contributed by atoms with van der Waals surface area (Å²) in [5, 5.41) is 20.0. The van der Waals surface area contributed by atoms with Crippen molar-refractivity contribution in [2.45, 2.75) is 39.8 Å². The lowest BCUT2D eigenvalue weighted by atomic mass is 10.1. The van der Waals surface area contributed by atoms with Gasteiger partial charge in [-0.2, -0.15) is 0 Å². The van der Waals surface area contributed by atoms with Crippen LogP contribution in [0.5, 0.6) is 0 Å². The second-order valence-corrected chi connectivity index (χ2v) is 4.27. The third-order valence-electron chi connectivity index (χ3n) is 3.23. The molecular weight excluding hydrogens is 232 g/mol. The van der Waals surface area contributed by atoms with Gasteiger partial charge in [0.25, 0.3) is 5.69 Å². The molecular formula is C13H20N2O3. The van der Waals surface area contributed by atoms with Crippen molar-refractivity contribution in [3.63, 3.8) is 0 Å². The van der Waals surface area contributed by atoms with Crippen molar-refractivity contribution in [2.75, 3.05) is 11.4 Å². The number of anilines is 1. The molecule has 0 heterocycles. The molecule has 0 aliphatic carbocycles. The summed E-state index contributed by atoms with van der Waals surface area (Å²) in [7, 11) is 0. The molecule has 0 amide bonds. The fourth-order valence-corrected chi connectivity index (χ4v) is 2.02. The van der Waals surface area contributed by atoms with Crippen LogP contribution in [0.25, 0.3) is 0 Å². The SMILES string of the molecule is CCC(C)N(CC)c1ccc([N+](=O)[O-])c(CO)c1. The van der Waals surface area contributed by atoms with E-state index >= 15 is 0 Å².